The molecule has 0 fully saturated rings. The predicted molar refractivity (Wildman–Crippen MR) is 74.6 cm³/mol. The smallest absolute Gasteiger partial charge is 0.151 e. The summed E-state index contributed by atoms with van der Waals surface area (Å²) in [7, 11) is -2.79. The van der Waals surface area contributed by atoms with Crippen LogP contribution in [0.2, 0.25) is 0 Å². The van der Waals surface area contributed by atoms with Gasteiger partial charge < -0.3 is 5.32 Å². The summed E-state index contributed by atoms with van der Waals surface area (Å²) in [6.07, 6.45) is 4.36. The van der Waals surface area contributed by atoms with Crippen molar-refractivity contribution in [1.82, 2.24) is 5.32 Å². The van der Waals surface area contributed by atoms with E-state index >= 15 is 0 Å². The minimum atomic E-state index is -2.79. The van der Waals surface area contributed by atoms with Crippen molar-refractivity contribution in [3.8, 4) is 0 Å². The number of unbranched alkanes of at least 4 members (excludes halogenated alkanes) is 2. The first-order valence-corrected chi connectivity index (χ1v) is 8.94. The third-order valence-electron chi connectivity index (χ3n) is 2.09. The van der Waals surface area contributed by atoms with E-state index in [1.807, 2.05) is 6.92 Å². The van der Waals surface area contributed by atoms with Crippen LogP contribution in [-0.4, -0.2) is 37.4 Å². The van der Waals surface area contributed by atoms with E-state index < -0.39 is 9.84 Å². The molecule has 0 aliphatic heterocycles. The predicted octanol–water partition coefficient (Wildman–Crippen LogP) is 2.01. The Bertz CT molecular complexity index is 230. The van der Waals surface area contributed by atoms with E-state index in [4.69, 9.17) is 0 Å². The van der Waals surface area contributed by atoms with Crippen LogP contribution in [0.4, 0.5) is 0 Å². The summed E-state index contributed by atoms with van der Waals surface area (Å²) < 4.78 is 23.9. The Morgan fingerprint density at radius 3 is 2.40 bits per heavy atom. The number of sulfone groups is 1. The van der Waals surface area contributed by atoms with Gasteiger partial charge in [-0.2, -0.15) is 0 Å². The fourth-order valence-corrected chi connectivity index (χ4v) is 3.11. The van der Waals surface area contributed by atoms with Gasteiger partial charge >= 0.3 is 0 Å². The van der Waals surface area contributed by atoms with Gasteiger partial charge in [0.15, 0.2) is 9.84 Å². The zero-order chi connectivity index (χ0) is 11.6. The van der Waals surface area contributed by atoms with E-state index in [-0.39, 0.29) is 5.75 Å². The second kappa shape index (κ2) is 9.84. The molecule has 0 amide bonds. The summed E-state index contributed by atoms with van der Waals surface area (Å²) in [4.78, 5) is 0. The third-order valence-corrected chi connectivity index (χ3v) is 4.71. The Labute approximate surface area is 107 Å². The SMILES string of the molecule is CCCS(=O)(=O)CCNCCCCCI. The first kappa shape index (κ1) is 15.6. The summed E-state index contributed by atoms with van der Waals surface area (Å²) in [5, 5.41) is 3.18. The maximum atomic E-state index is 11.3. The topological polar surface area (TPSA) is 46.2 Å². The van der Waals surface area contributed by atoms with Crippen molar-refractivity contribution < 1.29 is 8.42 Å². The van der Waals surface area contributed by atoms with Crippen molar-refractivity contribution in [3.05, 3.63) is 0 Å². The van der Waals surface area contributed by atoms with Crippen LogP contribution in [0, 0.1) is 0 Å². The molecule has 0 aliphatic carbocycles. The maximum absolute atomic E-state index is 11.3. The van der Waals surface area contributed by atoms with Gasteiger partial charge in [-0.1, -0.05) is 35.9 Å². The third kappa shape index (κ3) is 10.9. The van der Waals surface area contributed by atoms with E-state index in [0.29, 0.717) is 12.3 Å². The van der Waals surface area contributed by atoms with E-state index in [1.165, 1.54) is 17.3 Å². The second-order valence-electron chi connectivity index (χ2n) is 3.65. The molecule has 0 bridgehead atoms. The lowest BCUT2D eigenvalue weighted by molar-refractivity contribution is 0.585. The molecule has 92 valence electrons. The lowest BCUT2D eigenvalue weighted by Gasteiger charge is -2.04. The number of hydrogen-bond acceptors (Lipinski definition) is 3. The minimum Gasteiger partial charge on any atom is -0.316 e. The molecule has 0 spiro atoms. The first-order chi connectivity index (χ1) is 7.12. The molecule has 0 saturated carbocycles. The van der Waals surface area contributed by atoms with Crippen molar-refractivity contribution in [1.29, 1.82) is 0 Å². The van der Waals surface area contributed by atoms with Crippen LogP contribution in [0.15, 0.2) is 0 Å². The van der Waals surface area contributed by atoms with Crippen molar-refractivity contribution in [2.45, 2.75) is 32.6 Å². The van der Waals surface area contributed by atoms with Crippen LogP contribution in [0.25, 0.3) is 0 Å². The summed E-state index contributed by atoms with van der Waals surface area (Å²) >= 11 is 2.38. The lowest BCUT2D eigenvalue weighted by Crippen LogP contribution is -2.25. The number of rotatable bonds is 10. The average molecular weight is 347 g/mol. The molecule has 0 unspecified atom stereocenters. The molecule has 0 aliphatic rings. The van der Waals surface area contributed by atoms with Gasteiger partial charge in [-0.15, -0.1) is 0 Å². The molecular formula is C10H22INO2S. The summed E-state index contributed by atoms with van der Waals surface area (Å²) in [6, 6.07) is 0. The van der Waals surface area contributed by atoms with Gasteiger partial charge in [0, 0.05) is 12.3 Å². The average Bonchev–Trinajstić information content (AvgIpc) is 2.16. The molecule has 15 heavy (non-hydrogen) atoms. The Kier molecular flexibility index (Phi) is 10.3. The number of halogens is 1. The van der Waals surface area contributed by atoms with Crippen LogP contribution in [0.1, 0.15) is 32.6 Å². The highest BCUT2D eigenvalue weighted by atomic mass is 127. The maximum Gasteiger partial charge on any atom is 0.151 e. The van der Waals surface area contributed by atoms with Gasteiger partial charge in [0.25, 0.3) is 0 Å². The Balaban J connectivity index is 3.31. The van der Waals surface area contributed by atoms with Crippen LogP contribution >= 0.6 is 22.6 Å². The van der Waals surface area contributed by atoms with Crippen LogP contribution in [0.5, 0.6) is 0 Å². The Morgan fingerprint density at radius 2 is 1.80 bits per heavy atom. The second-order valence-corrected chi connectivity index (χ2v) is 7.03. The molecule has 0 radical (unpaired) electrons. The molecule has 0 heterocycles. The van der Waals surface area contributed by atoms with E-state index in [9.17, 15) is 8.42 Å². The molecule has 0 saturated heterocycles. The zero-order valence-corrected chi connectivity index (χ0v) is 12.4. The zero-order valence-electron chi connectivity index (χ0n) is 9.47. The molecule has 0 atom stereocenters. The lowest BCUT2D eigenvalue weighted by atomic mass is 10.2. The van der Waals surface area contributed by atoms with Crippen LogP contribution < -0.4 is 5.32 Å². The highest BCUT2D eigenvalue weighted by molar-refractivity contribution is 14.1. The van der Waals surface area contributed by atoms with Crippen LogP contribution in [0.3, 0.4) is 0 Å². The Hall–Kier alpha value is 0.640. The highest BCUT2D eigenvalue weighted by Gasteiger charge is 2.07. The van der Waals surface area contributed by atoms with Crippen molar-refractivity contribution in [3.63, 3.8) is 0 Å². The van der Waals surface area contributed by atoms with Crippen LogP contribution in [-0.2, 0) is 9.84 Å². The molecule has 5 heteroatoms. The first-order valence-electron chi connectivity index (χ1n) is 5.59. The van der Waals surface area contributed by atoms with Gasteiger partial charge in [0.2, 0.25) is 0 Å². The summed E-state index contributed by atoms with van der Waals surface area (Å²) in [5.41, 5.74) is 0. The van der Waals surface area contributed by atoms with Crippen molar-refractivity contribution in [2.24, 2.45) is 0 Å². The largest absolute Gasteiger partial charge is 0.316 e. The molecule has 0 rings (SSSR count). The number of alkyl halides is 1. The van der Waals surface area contributed by atoms with Gasteiger partial charge in [0.05, 0.1) is 5.75 Å². The van der Waals surface area contributed by atoms with Gasteiger partial charge in [-0.05, 0) is 30.2 Å². The standard InChI is InChI=1S/C10H22INO2S/c1-2-9-15(13,14)10-8-12-7-5-3-4-6-11/h12H,2-10H2,1H3. The summed E-state index contributed by atoms with van der Waals surface area (Å²) in [6.45, 7) is 3.44. The highest BCUT2D eigenvalue weighted by Crippen LogP contribution is 1.97. The molecule has 0 aromatic carbocycles. The molecule has 1 N–H and O–H groups in total. The fraction of sp³-hybridized carbons (Fsp3) is 1.00. The summed E-state index contributed by atoms with van der Waals surface area (Å²) in [5.74, 6) is 0.608. The van der Waals surface area contributed by atoms with E-state index in [0.717, 1.165) is 19.4 Å². The van der Waals surface area contributed by atoms with Gasteiger partial charge in [-0.25, -0.2) is 8.42 Å². The van der Waals surface area contributed by atoms with E-state index in [1.54, 1.807) is 0 Å². The molecule has 0 aromatic heterocycles. The Morgan fingerprint density at radius 1 is 1.07 bits per heavy atom. The molecular weight excluding hydrogens is 325 g/mol. The monoisotopic (exact) mass is 347 g/mol. The minimum absolute atomic E-state index is 0.285. The quantitative estimate of drug-likeness (QED) is 0.374. The van der Waals surface area contributed by atoms with Gasteiger partial charge in [0.1, 0.15) is 0 Å². The van der Waals surface area contributed by atoms with E-state index in [2.05, 4.69) is 27.9 Å². The normalized spacial score (nSPS) is 11.9. The van der Waals surface area contributed by atoms with Crippen molar-refractivity contribution >= 4 is 32.4 Å². The number of hydrogen-bond donors (Lipinski definition) is 1. The fourth-order valence-electron chi connectivity index (χ4n) is 1.29. The van der Waals surface area contributed by atoms with Gasteiger partial charge in [-0.3, -0.25) is 0 Å². The molecule has 3 nitrogen and oxygen atoms in total. The number of nitrogens with one attached hydrogen (secondary N) is 1. The molecule has 0 aromatic rings. The van der Waals surface area contributed by atoms with Crippen molar-refractivity contribution in [2.75, 3.05) is 29.0 Å².